The summed E-state index contributed by atoms with van der Waals surface area (Å²) in [6.07, 6.45) is 2.71. The quantitative estimate of drug-likeness (QED) is 0.486. The highest BCUT2D eigenvalue weighted by Gasteiger charge is 2.28. The number of aromatic nitrogens is 2. The highest BCUT2D eigenvalue weighted by Crippen LogP contribution is 2.29. The number of hydrogen-bond donors (Lipinski definition) is 1. The second-order valence-corrected chi connectivity index (χ2v) is 8.44. The third kappa shape index (κ3) is 3.93. The van der Waals surface area contributed by atoms with Crippen molar-refractivity contribution in [2.24, 2.45) is 0 Å². The first-order chi connectivity index (χ1) is 13.6. The molecule has 28 heavy (non-hydrogen) atoms. The van der Waals surface area contributed by atoms with E-state index in [0.29, 0.717) is 39.2 Å². The fraction of sp³-hybridized carbons (Fsp3) is 0.286. The molecule has 5 nitrogen and oxygen atoms in total. The summed E-state index contributed by atoms with van der Waals surface area (Å²) >= 11 is 7.48. The maximum absolute atomic E-state index is 13.3. The molecule has 3 aromatic rings. The zero-order valence-corrected chi connectivity index (χ0v) is 17.0. The zero-order chi connectivity index (χ0) is 19.7. The Hall–Kier alpha value is -2.31. The number of rotatable bonds is 6. The molecule has 1 aromatic heterocycles. The molecule has 144 valence electrons. The van der Waals surface area contributed by atoms with Crippen LogP contribution in [-0.2, 0) is 4.79 Å². The van der Waals surface area contributed by atoms with Gasteiger partial charge in [-0.05, 0) is 49.6 Å². The van der Waals surface area contributed by atoms with Crippen molar-refractivity contribution in [2.45, 2.75) is 42.6 Å². The Kier molecular flexibility index (Phi) is 5.42. The van der Waals surface area contributed by atoms with Gasteiger partial charge in [0.15, 0.2) is 5.16 Å². The van der Waals surface area contributed by atoms with Gasteiger partial charge in [-0.2, -0.15) is 0 Å². The van der Waals surface area contributed by atoms with Crippen molar-refractivity contribution in [2.75, 3.05) is 0 Å². The van der Waals surface area contributed by atoms with Crippen LogP contribution in [0.5, 0.6) is 0 Å². The van der Waals surface area contributed by atoms with Gasteiger partial charge in [-0.25, -0.2) is 4.98 Å². The van der Waals surface area contributed by atoms with E-state index in [-0.39, 0.29) is 16.7 Å². The minimum Gasteiger partial charge on any atom is -0.352 e. The summed E-state index contributed by atoms with van der Waals surface area (Å²) < 4.78 is 1.55. The zero-order valence-electron chi connectivity index (χ0n) is 15.4. The van der Waals surface area contributed by atoms with Gasteiger partial charge in [0.25, 0.3) is 5.56 Å². The molecule has 2 aromatic carbocycles. The molecule has 0 radical (unpaired) electrons. The summed E-state index contributed by atoms with van der Waals surface area (Å²) in [5.74, 6) is -0.00458. The fourth-order valence-electron chi connectivity index (χ4n) is 3.01. The van der Waals surface area contributed by atoms with Gasteiger partial charge in [0.1, 0.15) is 0 Å². The number of benzene rings is 2. The van der Waals surface area contributed by atoms with Gasteiger partial charge in [-0.1, -0.05) is 48.5 Å². The van der Waals surface area contributed by atoms with Gasteiger partial charge in [-0.3, -0.25) is 14.2 Å². The normalized spacial score (nSPS) is 14.8. The van der Waals surface area contributed by atoms with Crippen LogP contribution in [0.3, 0.4) is 0 Å². The molecule has 1 amide bonds. The molecule has 1 aliphatic carbocycles. The number of carbonyl (C=O) groups is 1. The van der Waals surface area contributed by atoms with Crippen LogP contribution in [0.4, 0.5) is 0 Å². The molecule has 1 saturated carbocycles. The van der Waals surface area contributed by atoms with Crippen LogP contribution in [0.2, 0.25) is 5.02 Å². The van der Waals surface area contributed by atoms with Gasteiger partial charge < -0.3 is 5.32 Å². The molecule has 1 unspecified atom stereocenters. The summed E-state index contributed by atoms with van der Waals surface area (Å²) in [5.41, 5.74) is 1.08. The number of nitrogens with zero attached hydrogens (tertiary/aromatic N) is 2. The van der Waals surface area contributed by atoms with E-state index in [2.05, 4.69) is 5.32 Å². The number of para-hydroxylation sites is 1. The van der Waals surface area contributed by atoms with Crippen LogP contribution in [0, 0.1) is 0 Å². The molecule has 1 heterocycles. The van der Waals surface area contributed by atoms with Crippen LogP contribution < -0.4 is 10.9 Å². The molecular formula is C21H20ClN3O2S. The molecule has 0 spiro atoms. The number of thioether (sulfide) groups is 1. The van der Waals surface area contributed by atoms with Gasteiger partial charge in [-0.15, -0.1) is 0 Å². The Morgan fingerprint density at radius 3 is 2.79 bits per heavy atom. The Labute approximate surface area is 172 Å². The minimum absolute atomic E-state index is 0.00458. The highest BCUT2D eigenvalue weighted by atomic mass is 35.5. The van der Waals surface area contributed by atoms with E-state index >= 15 is 0 Å². The van der Waals surface area contributed by atoms with Crippen molar-refractivity contribution in [1.29, 1.82) is 0 Å². The SMILES string of the molecule is CCC(Sc1nc2ccccc2c(=O)n1-c1cccc(Cl)c1)C(=O)NC1CC1. The predicted molar refractivity (Wildman–Crippen MR) is 113 cm³/mol. The lowest BCUT2D eigenvalue weighted by Crippen LogP contribution is -2.34. The van der Waals surface area contributed by atoms with Crippen molar-refractivity contribution >= 4 is 40.2 Å². The average Bonchev–Trinajstić information content (AvgIpc) is 3.50. The van der Waals surface area contributed by atoms with Crippen LogP contribution in [0.15, 0.2) is 58.5 Å². The molecule has 1 fully saturated rings. The van der Waals surface area contributed by atoms with Gasteiger partial charge in [0.2, 0.25) is 5.91 Å². The molecule has 4 rings (SSSR count). The second-order valence-electron chi connectivity index (χ2n) is 6.83. The Morgan fingerprint density at radius 2 is 2.07 bits per heavy atom. The van der Waals surface area contributed by atoms with E-state index < -0.39 is 0 Å². The van der Waals surface area contributed by atoms with Crippen LogP contribution in [0.1, 0.15) is 26.2 Å². The predicted octanol–water partition coefficient (Wildman–Crippen LogP) is 4.19. The lowest BCUT2D eigenvalue weighted by atomic mass is 10.2. The van der Waals surface area contributed by atoms with E-state index in [0.717, 1.165) is 12.8 Å². The van der Waals surface area contributed by atoms with Crippen molar-refractivity contribution in [1.82, 2.24) is 14.9 Å². The number of hydrogen-bond acceptors (Lipinski definition) is 4. The number of fused-ring (bicyclic) bond motifs is 1. The third-order valence-electron chi connectivity index (χ3n) is 4.65. The molecule has 1 aliphatic rings. The molecule has 1 atom stereocenters. The first-order valence-electron chi connectivity index (χ1n) is 9.31. The van der Waals surface area contributed by atoms with E-state index in [1.54, 1.807) is 28.8 Å². The Morgan fingerprint density at radius 1 is 1.29 bits per heavy atom. The summed E-state index contributed by atoms with van der Waals surface area (Å²) in [5, 5.41) is 4.28. The fourth-order valence-corrected chi connectivity index (χ4v) is 4.23. The molecule has 7 heteroatoms. The lowest BCUT2D eigenvalue weighted by Gasteiger charge is -2.18. The van der Waals surface area contributed by atoms with Crippen molar-refractivity contribution in [3.8, 4) is 5.69 Å². The molecule has 0 bridgehead atoms. The summed E-state index contributed by atoms with van der Waals surface area (Å²) in [7, 11) is 0. The smallest absolute Gasteiger partial charge is 0.266 e. The Balaban J connectivity index is 1.82. The number of nitrogens with one attached hydrogen (secondary N) is 1. The number of halogens is 1. The van der Waals surface area contributed by atoms with E-state index in [9.17, 15) is 9.59 Å². The van der Waals surface area contributed by atoms with E-state index in [4.69, 9.17) is 16.6 Å². The topological polar surface area (TPSA) is 64.0 Å². The lowest BCUT2D eigenvalue weighted by molar-refractivity contribution is -0.120. The number of carbonyl (C=O) groups excluding carboxylic acids is 1. The van der Waals surface area contributed by atoms with Crippen LogP contribution in [-0.4, -0.2) is 26.8 Å². The highest BCUT2D eigenvalue weighted by molar-refractivity contribution is 8.00. The molecule has 0 saturated heterocycles. The largest absolute Gasteiger partial charge is 0.352 e. The summed E-state index contributed by atoms with van der Waals surface area (Å²) in [6, 6.07) is 14.6. The Bertz CT molecular complexity index is 1090. The van der Waals surface area contributed by atoms with Crippen LogP contribution >= 0.6 is 23.4 Å². The van der Waals surface area contributed by atoms with E-state index in [1.165, 1.54) is 11.8 Å². The van der Waals surface area contributed by atoms with E-state index in [1.807, 2.05) is 31.2 Å². The summed E-state index contributed by atoms with van der Waals surface area (Å²) in [6.45, 7) is 1.97. The van der Waals surface area contributed by atoms with Gasteiger partial charge in [0, 0.05) is 11.1 Å². The van der Waals surface area contributed by atoms with Gasteiger partial charge in [0.05, 0.1) is 21.8 Å². The first-order valence-corrected chi connectivity index (χ1v) is 10.6. The molecule has 0 aliphatic heterocycles. The molecule has 1 N–H and O–H groups in total. The van der Waals surface area contributed by atoms with Crippen molar-refractivity contribution < 1.29 is 4.79 Å². The maximum atomic E-state index is 13.3. The van der Waals surface area contributed by atoms with Crippen LogP contribution in [0.25, 0.3) is 16.6 Å². The first kappa shape index (κ1) is 19.0. The minimum atomic E-state index is -0.320. The van der Waals surface area contributed by atoms with Gasteiger partial charge >= 0.3 is 0 Å². The van der Waals surface area contributed by atoms with Crippen molar-refractivity contribution in [3.05, 3.63) is 63.9 Å². The monoisotopic (exact) mass is 413 g/mol. The summed E-state index contributed by atoms with van der Waals surface area (Å²) in [4.78, 5) is 30.6. The number of amides is 1. The maximum Gasteiger partial charge on any atom is 0.266 e. The molecular weight excluding hydrogens is 394 g/mol. The second kappa shape index (κ2) is 7.97. The standard InChI is InChI=1S/C21H20ClN3O2S/c1-2-18(19(26)23-14-10-11-14)28-21-24-17-9-4-3-8-16(17)20(27)25(21)15-7-5-6-13(22)12-15/h3-9,12,14,18H,2,10-11H2,1H3,(H,23,26). The van der Waals surface area contributed by atoms with Crippen molar-refractivity contribution in [3.63, 3.8) is 0 Å². The average molecular weight is 414 g/mol. The third-order valence-corrected chi connectivity index (χ3v) is 6.20.